The van der Waals surface area contributed by atoms with Crippen LogP contribution in [-0.2, 0) is 25.6 Å². The summed E-state index contributed by atoms with van der Waals surface area (Å²) in [4.78, 5) is 26.6. The first-order chi connectivity index (χ1) is 19.6. The van der Waals surface area contributed by atoms with Crippen LogP contribution in [0.2, 0.25) is 0 Å². The molecule has 2 fully saturated rings. The Morgan fingerprint density at radius 2 is 1.50 bits per heavy atom. The van der Waals surface area contributed by atoms with Crippen LogP contribution < -0.4 is 10.6 Å². The van der Waals surface area contributed by atoms with Gasteiger partial charge in [-0.2, -0.15) is 0 Å². The van der Waals surface area contributed by atoms with Gasteiger partial charge in [-0.3, -0.25) is 9.59 Å². The molecule has 2 aliphatic rings. The van der Waals surface area contributed by atoms with Crippen molar-refractivity contribution in [2.24, 2.45) is 0 Å². The van der Waals surface area contributed by atoms with E-state index in [1.807, 2.05) is 78.9 Å². The summed E-state index contributed by atoms with van der Waals surface area (Å²) in [5.74, 6) is -0.779. The second-order valence-electron chi connectivity index (χ2n) is 10.00. The van der Waals surface area contributed by atoms with E-state index in [9.17, 15) is 9.59 Å². The Balaban J connectivity index is 1.17. The van der Waals surface area contributed by atoms with Crippen molar-refractivity contribution in [3.05, 3.63) is 126 Å². The highest BCUT2D eigenvalue weighted by Crippen LogP contribution is 2.30. The zero-order chi connectivity index (χ0) is 27.3. The first-order valence-electron chi connectivity index (χ1n) is 13.4. The highest BCUT2D eigenvalue weighted by atomic mass is 16.6. The Morgan fingerprint density at radius 1 is 0.800 bits per heavy atom. The summed E-state index contributed by atoms with van der Waals surface area (Å²) in [6.45, 7) is 1.14. The monoisotopic (exact) mass is 534 g/mol. The largest absolute Gasteiger partial charge is 0.370 e. The number of hydrogen-bond acceptors (Lipinski definition) is 5. The number of carbonyl (C=O) groups is 2. The fourth-order valence-electron chi connectivity index (χ4n) is 5.16. The van der Waals surface area contributed by atoms with Crippen molar-refractivity contribution in [1.82, 2.24) is 10.6 Å². The molecule has 2 aliphatic heterocycles. The van der Waals surface area contributed by atoms with Gasteiger partial charge >= 0.3 is 0 Å². The number of benzene rings is 4. The molecule has 40 heavy (non-hydrogen) atoms. The van der Waals surface area contributed by atoms with Crippen LogP contribution in [0.3, 0.4) is 0 Å². The Bertz CT molecular complexity index is 1520. The molecule has 2 saturated heterocycles. The molecule has 6 rings (SSSR count). The first-order valence-corrected chi connectivity index (χ1v) is 13.4. The van der Waals surface area contributed by atoms with Crippen LogP contribution in [0.5, 0.6) is 0 Å². The molecule has 0 radical (unpaired) electrons. The maximum Gasteiger partial charge on any atom is 0.268 e. The van der Waals surface area contributed by atoms with Crippen LogP contribution in [0.15, 0.2) is 109 Å². The van der Waals surface area contributed by atoms with E-state index in [0.717, 1.165) is 21.9 Å². The minimum absolute atomic E-state index is 0.141. The standard InChI is InChI=1S/C33H30N2O5/c36-32(25-12-5-2-6-13-25)34-27(18-23-15-16-24-11-7-8-14-26(24)17-23)33(37)35-28-20-39-31-29(21-40-30(28)31)38-19-22-9-3-1-4-10-22/h1-18,28-31H,19-21H2,(H,34,36)(H,35,37)/b27-18-/t28-,29-,30-,31-/m1/s1. The molecule has 0 saturated carbocycles. The lowest BCUT2D eigenvalue weighted by molar-refractivity contribution is -0.119. The maximum atomic E-state index is 13.6. The maximum absolute atomic E-state index is 13.6. The van der Waals surface area contributed by atoms with Gasteiger partial charge in [-0.1, -0.05) is 84.9 Å². The van der Waals surface area contributed by atoms with Crippen molar-refractivity contribution in [3.8, 4) is 0 Å². The van der Waals surface area contributed by atoms with Crippen molar-refractivity contribution in [2.75, 3.05) is 13.2 Å². The van der Waals surface area contributed by atoms with E-state index in [1.54, 1.807) is 30.3 Å². The minimum atomic E-state index is -0.413. The molecule has 0 bridgehead atoms. The normalized spacial score (nSPS) is 22.1. The van der Waals surface area contributed by atoms with Gasteiger partial charge in [0.1, 0.15) is 24.0 Å². The summed E-state index contributed by atoms with van der Waals surface area (Å²) in [6.07, 6.45) is 0.854. The molecular weight excluding hydrogens is 504 g/mol. The third-order valence-corrected chi connectivity index (χ3v) is 7.24. The summed E-state index contributed by atoms with van der Waals surface area (Å²) in [5.41, 5.74) is 2.47. The quantitative estimate of drug-likeness (QED) is 0.326. The Morgan fingerprint density at radius 3 is 2.30 bits per heavy atom. The zero-order valence-corrected chi connectivity index (χ0v) is 21.9. The van der Waals surface area contributed by atoms with Crippen molar-refractivity contribution in [3.63, 3.8) is 0 Å². The summed E-state index contributed by atoms with van der Waals surface area (Å²) >= 11 is 0. The molecule has 0 spiro atoms. The molecule has 7 heteroatoms. The summed E-state index contributed by atoms with van der Waals surface area (Å²) in [5, 5.41) is 7.98. The molecule has 4 aromatic rings. The van der Waals surface area contributed by atoms with Crippen molar-refractivity contribution >= 4 is 28.7 Å². The summed E-state index contributed by atoms with van der Waals surface area (Å²) in [7, 11) is 0. The van der Waals surface area contributed by atoms with E-state index in [-0.39, 0.29) is 36.0 Å². The number of hydrogen-bond donors (Lipinski definition) is 2. The van der Waals surface area contributed by atoms with Gasteiger partial charge < -0.3 is 24.8 Å². The topological polar surface area (TPSA) is 85.9 Å². The van der Waals surface area contributed by atoms with Crippen LogP contribution in [0, 0.1) is 0 Å². The van der Waals surface area contributed by atoms with E-state index in [0.29, 0.717) is 25.4 Å². The molecule has 0 aliphatic carbocycles. The lowest BCUT2D eigenvalue weighted by Gasteiger charge is -2.19. The first kappa shape index (κ1) is 26.0. The molecule has 2 N–H and O–H groups in total. The van der Waals surface area contributed by atoms with E-state index in [4.69, 9.17) is 14.2 Å². The number of carbonyl (C=O) groups excluding carboxylic acids is 2. The second-order valence-corrected chi connectivity index (χ2v) is 10.00. The molecule has 2 heterocycles. The number of amides is 2. The number of fused-ring (bicyclic) bond motifs is 2. The molecule has 4 atom stereocenters. The summed E-state index contributed by atoms with van der Waals surface area (Å²) < 4.78 is 18.1. The molecule has 0 unspecified atom stereocenters. The second kappa shape index (κ2) is 11.8. The molecule has 4 aromatic carbocycles. The molecule has 202 valence electrons. The fourth-order valence-corrected chi connectivity index (χ4v) is 5.16. The molecule has 2 amide bonds. The Hall–Kier alpha value is -4.30. The van der Waals surface area contributed by atoms with Crippen LogP contribution in [0.1, 0.15) is 21.5 Å². The predicted octanol–water partition coefficient (Wildman–Crippen LogP) is 4.48. The lowest BCUT2D eigenvalue weighted by atomic mass is 10.1. The summed E-state index contributed by atoms with van der Waals surface area (Å²) in [6, 6.07) is 32.3. The zero-order valence-electron chi connectivity index (χ0n) is 21.9. The van der Waals surface area contributed by atoms with Crippen LogP contribution in [0.4, 0.5) is 0 Å². The Kier molecular flexibility index (Phi) is 7.68. The fraction of sp³-hybridized carbons (Fsp3) is 0.212. The minimum Gasteiger partial charge on any atom is -0.370 e. The van der Waals surface area contributed by atoms with Crippen LogP contribution in [-0.4, -0.2) is 49.4 Å². The molecule has 0 aromatic heterocycles. The van der Waals surface area contributed by atoms with Crippen molar-refractivity contribution < 1.29 is 23.8 Å². The van der Waals surface area contributed by atoms with Crippen molar-refractivity contribution in [1.29, 1.82) is 0 Å². The van der Waals surface area contributed by atoms with Crippen LogP contribution >= 0.6 is 0 Å². The van der Waals surface area contributed by atoms with Gasteiger partial charge in [-0.25, -0.2) is 0 Å². The predicted molar refractivity (Wildman–Crippen MR) is 152 cm³/mol. The lowest BCUT2D eigenvalue weighted by Crippen LogP contribution is -2.46. The third kappa shape index (κ3) is 5.82. The van der Waals surface area contributed by atoms with E-state index in [1.165, 1.54) is 0 Å². The highest BCUT2D eigenvalue weighted by Gasteiger charge is 2.49. The third-order valence-electron chi connectivity index (χ3n) is 7.24. The van der Waals surface area contributed by atoms with E-state index < -0.39 is 5.91 Å². The smallest absolute Gasteiger partial charge is 0.268 e. The molecular formula is C33H30N2O5. The van der Waals surface area contributed by atoms with Gasteiger partial charge in [0.05, 0.1) is 25.9 Å². The highest BCUT2D eigenvalue weighted by molar-refractivity contribution is 6.05. The Labute approximate surface area is 232 Å². The van der Waals surface area contributed by atoms with E-state index >= 15 is 0 Å². The van der Waals surface area contributed by atoms with E-state index in [2.05, 4.69) is 10.6 Å². The van der Waals surface area contributed by atoms with Crippen LogP contribution in [0.25, 0.3) is 16.8 Å². The van der Waals surface area contributed by atoms with Gasteiger partial charge in [0.25, 0.3) is 11.8 Å². The number of nitrogens with one attached hydrogen (secondary N) is 2. The number of rotatable bonds is 8. The average molecular weight is 535 g/mol. The van der Waals surface area contributed by atoms with Gasteiger partial charge in [-0.05, 0) is 46.2 Å². The van der Waals surface area contributed by atoms with Gasteiger partial charge in [0.15, 0.2) is 0 Å². The molecule has 7 nitrogen and oxygen atoms in total. The average Bonchev–Trinajstić information content (AvgIpc) is 3.59. The van der Waals surface area contributed by atoms with Gasteiger partial charge in [-0.15, -0.1) is 0 Å². The van der Waals surface area contributed by atoms with Gasteiger partial charge in [0, 0.05) is 5.56 Å². The van der Waals surface area contributed by atoms with Crippen molar-refractivity contribution in [2.45, 2.75) is 31.0 Å². The van der Waals surface area contributed by atoms with Gasteiger partial charge in [0.2, 0.25) is 0 Å². The SMILES string of the molecule is O=C(N[C@@H]1CO[C@H]2[C@@H]1OC[C@H]2OCc1ccccc1)/C(=C/c1ccc2ccccc2c1)NC(=O)c1ccccc1. The number of ether oxygens (including phenoxy) is 3.